The van der Waals surface area contributed by atoms with Crippen LogP contribution in [-0.4, -0.2) is 249 Å². The van der Waals surface area contributed by atoms with Crippen LogP contribution in [0.5, 0.6) is 17.2 Å². The largest absolute Gasteiger partial charge is 0.480 e. The van der Waals surface area contributed by atoms with Gasteiger partial charge in [-0.2, -0.15) is 19.9 Å². The fourth-order valence-corrected chi connectivity index (χ4v) is 18.4. The number of carbonyl (C=O) groups excluding carboxylic acids is 3. The zero-order valence-electron chi connectivity index (χ0n) is 84.7. The molecule has 0 spiro atoms. The maximum atomic E-state index is 13.1. The number of carbonyl (C=O) groups is 3. The number of halogens is 4. The first-order valence-corrected chi connectivity index (χ1v) is 49.9. The lowest BCUT2D eigenvalue weighted by Crippen LogP contribution is -2.57. The minimum absolute atomic E-state index is 0.0647. The molecule has 4 saturated heterocycles. The summed E-state index contributed by atoms with van der Waals surface area (Å²) in [5.74, 6) is 5.81. The third kappa shape index (κ3) is 24.9. The smallest absolute Gasteiger partial charge is 0.293 e. The Balaban J connectivity index is 0.000000151. The summed E-state index contributed by atoms with van der Waals surface area (Å²) in [6.07, 6.45) is 9.15. The predicted octanol–water partition coefficient (Wildman–Crippen LogP) is 16.8. The number of aromatic nitrogens is 13. The van der Waals surface area contributed by atoms with Crippen molar-refractivity contribution in [3.63, 3.8) is 0 Å². The fourth-order valence-electron chi connectivity index (χ4n) is 17.9. The van der Waals surface area contributed by atoms with Gasteiger partial charge < -0.3 is 82.7 Å². The monoisotopic (exact) mass is 2030 g/mol. The van der Waals surface area contributed by atoms with Crippen LogP contribution in [0.4, 0.5) is 69.8 Å². The average molecular weight is 2030 g/mol. The van der Waals surface area contributed by atoms with Crippen molar-refractivity contribution in [2.24, 2.45) is 14.1 Å². The van der Waals surface area contributed by atoms with Crippen molar-refractivity contribution in [1.29, 1.82) is 0 Å². The number of hydrogen-bond donors (Lipinski definition) is 4. The van der Waals surface area contributed by atoms with Gasteiger partial charge in [0, 0.05) is 191 Å². The van der Waals surface area contributed by atoms with Crippen molar-refractivity contribution in [3.05, 3.63) is 195 Å². The van der Waals surface area contributed by atoms with Gasteiger partial charge in [-0.3, -0.25) is 48.3 Å². The lowest BCUT2D eigenvalue weighted by atomic mass is 10.1. The van der Waals surface area contributed by atoms with E-state index in [1.807, 2.05) is 100 Å². The third-order valence-electron chi connectivity index (χ3n) is 26.5. The second-order valence-corrected chi connectivity index (χ2v) is 39.1. The Morgan fingerprint density at radius 2 is 0.699 bits per heavy atom. The molecular formula is C103H127Cl4N25O11. The van der Waals surface area contributed by atoms with E-state index >= 15 is 0 Å². The first-order chi connectivity index (χ1) is 68.3. The van der Waals surface area contributed by atoms with Crippen LogP contribution in [0.2, 0.25) is 20.1 Å². The topological polar surface area (TPSA) is 370 Å². The van der Waals surface area contributed by atoms with E-state index in [1.54, 1.807) is 111 Å². The van der Waals surface area contributed by atoms with E-state index in [2.05, 4.69) is 160 Å². The minimum atomic E-state index is -0.291. The predicted molar refractivity (Wildman–Crippen MR) is 571 cm³/mol. The molecule has 758 valence electrons. The molecule has 13 heterocycles. The number of likely N-dealkylation sites (N-methyl/N-ethyl adjacent to an activating group) is 4. The molecule has 17 rings (SSSR count). The van der Waals surface area contributed by atoms with Gasteiger partial charge >= 0.3 is 0 Å². The van der Waals surface area contributed by atoms with Crippen LogP contribution in [-0.2, 0) is 28.5 Å². The zero-order valence-corrected chi connectivity index (χ0v) is 87.7. The zero-order chi connectivity index (χ0) is 103. The van der Waals surface area contributed by atoms with Gasteiger partial charge in [-0.1, -0.05) is 74.1 Å². The average Bonchev–Trinajstić information content (AvgIpc) is 1.55. The number of Topliss-reactive ketones (excluding diaryl/α,β-unsaturated/α-hetero) is 3. The lowest BCUT2D eigenvalue weighted by molar-refractivity contribution is -0.121. The van der Waals surface area contributed by atoms with Crippen LogP contribution < -0.4 is 77.3 Å². The van der Waals surface area contributed by atoms with Gasteiger partial charge in [-0.05, 0) is 201 Å². The van der Waals surface area contributed by atoms with Gasteiger partial charge in [0.25, 0.3) is 22.2 Å². The molecule has 0 unspecified atom stereocenters. The molecule has 143 heavy (non-hydrogen) atoms. The first-order valence-electron chi connectivity index (χ1n) is 48.4. The number of nitrogens with one attached hydrogen (secondary N) is 4. The number of pyridine rings is 4. The van der Waals surface area contributed by atoms with Crippen molar-refractivity contribution >= 4 is 177 Å². The molecule has 0 saturated carbocycles. The molecule has 0 amide bonds. The van der Waals surface area contributed by atoms with E-state index in [0.717, 1.165) is 138 Å². The first kappa shape index (κ1) is 106. The Kier molecular flexibility index (Phi) is 34.5. The summed E-state index contributed by atoms with van der Waals surface area (Å²) >= 11 is 25.8. The van der Waals surface area contributed by atoms with Crippen molar-refractivity contribution in [2.75, 3.05) is 154 Å². The maximum absolute atomic E-state index is 13.1. The van der Waals surface area contributed by atoms with E-state index in [0.29, 0.717) is 140 Å². The number of ether oxygens (including phenoxy) is 3. The van der Waals surface area contributed by atoms with E-state index < -0.39 is 0 Å². The van der Waals surface area contributed by atoms with E-state index in [4.69, 9.17) is 80.0 Å². The number of nitrogens with zero attached hydrogens (tertiary/aromatic N) is 21. The number of piperazine rings is 4. The molecule has 4 aliphatic rings. The van der Waals surface area contributed by atoms with Gasteiger partial charge in [0.1, 0.15) is 51.2 Å². The molecule has 13 aromatic rings. The van der Waals surface area contributed by atoms with E-state index in [-0.39, 0.29) is 88.7 Å². The van der Waals surface area contributed by atoms with Gasteiger partial charge in [0.05, 0.1) is 53.1 Å². The number of anilines is 12. The summed E-state index contributed by atoms with van der Waals surface area (Å²) in [6, 6.07) is 31.7. The fraction of sp³-hybridized carbons (Fsp3) is 0.437. The standard InChI is InChI=1S/C28H37ClN6O3.C27H35ClN6O3.C25H31ClN6O3.C23H24ClN7O2/c1-7-22(36)16-38-25-12-20-11-21(9-10-24(20)35(17(3)4)27(25)37)31-26-23(29)13-30-28(32-26)33-14-18(5)34(8-2)19(6)15-33;1-7-21(35)15-37-24-11-19-10-20(8-9-23(19)34(16(2)3)26(24)36)30-25-22(28)12-29-27(31-25)33-13-17(4)32(6)18(5)14-33;1-6-19(33)14-35-22-10-17-9-18(7-8-21(17)31(5)24(22)34)28-23-20(26)11-27-25(29-23)32-12-15(2)30(4)16(3)13-32;1-14-12-25-21(33-14)17-11-15-10-16(4-5-19(15)30(3)22(17)32)27-20-18(24)13-26-23(28-20)31-8-6-29(2)7-9-31/h9-13,17-19H,7-8,14-16H2,1-6H3,(H,30,31,32);8-12,16-18H,7,13-15H2,1-6H3,(H,29,30,31);7-11,15-16H,6,12-14H2,1-5H3,(H,27,28,29);4-5,10-13H,6-9H2,1-3H3,(H,26,27,28)/t18-,19+;17-,18+;15-,16+;. The second-order valence-electron chi connectivity index (χ2n) is 37.5. The van der Waals surface area contributed by atoms with Gasteiger partial charge in [-0.25, -0.2) is 24.9 Å². The van der Waals surface area contributed by atoms with Crippen LogP contribution >= 0.6 is 46.4 Å². The minimum Gasteiger partial charge on any atom is -0.480 e. The number of rotatable bonds is 28. The van der Waals surface area contributed by atoms with Crippen LogP contribution in [0.3, 0.4) is 0 Å². The highest BCUT2D eigenvalue weighted by Gasteiger charge is 2.34. The number of hydrogen-bond acceptors (Lipinski definition) is 32. The van der Waals surface area contributed by atoms with Gasteiger partial charge in [0.15, 0.2) is 57.9 Å². The maximum Gasteiger partial charge on any atom is 0.293 e. The highest BCUT2D eigenvalue weighted by Crippen LogP contribution is 2.37. The molecule has 0 aliphatic carbocycles. The molecule has 0 radical (unpaired) electrons. The van der Waals surface area contributed by atoms with Crippen LogP contribution in [0.15, 0.2) is 152 Å². The Morgan fingerprint density at radius 1 is 0.392 bits per heavy atom. The molecule has 6 atom stereocenters. The number of fused-ring (bicyclic) bond motifs is 4. The van der Waals surface area contributed by atoms with Crippen LogP contribution in [0.1, 0.15) is 134 Å². The lowest BCUT2D eigenvalue weighted by Gasteiger charge is -2.44. The number of benzene rings is 4. The highest BCUT2D eigenvalue weighted by molar-refractivity contribution is 6.34. The molecule has 4 aromatic carbocycles. The van der Waals surface area contributed by atoms with Crippen molar-refractivity contribution in [1.82, 2.24) is 82.7 Å². The van der Waals surface area contributed by atoms with Gasteiger partial charge in [-0.15, -0.1) is 0 Å². The van der Waals surface area contributed by atoms with E-state index in [9.17, 15) is 33.6 Å². The molecule has 0 bridgehead atoms. The quantitative estimate of drug-likeness (QED) is 0.0354. The Bertz CT molecular complexity index is 7060. The molecule has 40 heteroatoms. The summed E-state index contributed by atoms with van der Waals surface area (Å²) in [5.41, 5.74) is 5.57. The Labute approximate surface area is 851 Å². The molecule has 4 aliphatic heterocycles. The van der Waals surface area contributed by atoms with E-state index in [1.165, 1.54) is 4.57 Å². The summed E-state index contributed by atoms with van der Waals surface area (Å²) in [6.45, 7) is 39.5. The van der Waals surface area contributed by atoms with Crippen LogP contribution in [0, 0.1) is 6.92 Å². The SMILES string of the molecule is CCC(=O)COc1cc2cc(Nc3nc(N4C[C@@H](C)N(C)[C@@H](C)C4)ncc3Cl)ccc2n(C(C)C)c1=O.CCC(=O)COc1cc2cc(Nc3nc(N4C[C@@H](C)N(C)[C@@H](C)C4)ncc3Cl)ccc2n(C)c1=O.CCC(=O)COc1cc2cc(Nc3nc(N4C[C@@H](C)N(CC)[C@@H](C)C4)ncc3Cl)ccc2n(C(C)C)c1=O.Cc1cnc(-c2cc3cc(Nc4nc(N5CCN(C)CC5)ncc4Cl)ccc3n(C)c2=O)o1. The molecule has 4 N–H and O–H groups in total. The second kappa shape index (κ2) is 46.6. The van der Waals surface area contributed by atoms with Crippen molar-refractivity contribution in [2.45, 2.75) is 171 Å². The van der Waals surface area contributed by atoms with Crippen molar-refractivity contribution < 1.29 is 33.0 Å². The highest BCUT2D eigenvalue weighted by atomic mass is 35.5. The Hall–Kier alpha value is -12.9. The molecular weight excluding hydrogens is 1910 g/mol. The number of oxazole rings is 1. The Morgan fingerprint density at radius 3 is 1.02 bits per heavy atom. The van der Waals surface area contributed by atoms with Crippen LogP contribution in [0.25, 0.3) is 55.1 Å². The molecule has 36 nitrogen and oxygen atoms in total. The molecule has 4 fully saturated rings. The summed E-state index contributed by atoms with van der Waals surface area (Å²) in [5, 5.41) is 18.1. The molecule has 9 aromatic heterocycles. The number of ketones is 3. The van der Waals surface area contributed by atoms with Gasteiger partial charge in [0.2, 0.25) is 29.7 Å². The number of aryl methyl sites for hydroxylation is 3. The summed E-state index contributed by atoms with van der Waals surface area (Å²) in [7, 11) is 9.80. The summed E-state index contributed by atoms with van der Waals surface area (Å²) < 4.78 is 28.8. The normalized spacial score (nSPS) is 17.6. The third-order valence-corrected chi connectivity index (χ3v) is 27.6. The van der Waals surface area contributed by atoms with Crippen molar-refractivity contribution in [3.8, 4) is 28.7 Å². The summed E-state index contributed by atoms with van der Waals surface area (Å²) in [4.78, 5) is 146.